The van der Waals surface area contributed by atoms with Gasteiger partial charge in [0.2, 0.25) is 0 Å². The van der Waals surface area contributed by atoms with Crippen molar-refractivity contribution >= 4 is 0 Å². The van der Waals surface area contributed by atoms with Crippen LogP contribution in [0.5, 0.6) is 0 Å². The second kappa shape index (κ2) is 8.74. The van der Waals surface area contributed by atoms with Gasteiger partial charge >= 0.3 is 0 Å². The van der Waals surface area contributed by atoms with E-state index in [-0.39, 0.29) is 0 Å². The maximum atomic E-state index is 5.61. The van der Waals surface area contributed by atoms with Crippen LogP contribution in [0.4, 0.5) is 0 Å². The molecule has 1 aliphatic rings. The first-order chi connectivity index (χ1) is 7.83. The van der Waals surface area contributed by atoms with Crippen molar-refractivity contribution in [3.63, 3.8) is 0 Å². The molecule has 0 aromatic carbocycles. The normalized spacial score (nSPS) is 21.6. The van der Waals surface area contributed by atoms with Crippen LogP contribution in [0, 0.1) is 0 Å². The zero-order valence-electron chi connectivity index (χ0n) is 10.6. The Morgan fingerprint density at radius 1 is 1.50 bits per heavy atom. The van der Waals surface area contributed by atoms with Gasteiger partial charge in [-0.25, -0.2) is 0 Å². The molecule has 0 aromatic heterocycles. The first-order valence-electron chi connectivity index (χ1n) is 6.30. The molecule has 1 fully saturated rings. The molecule has 1 rings (SSSR count). The summed E-state index contributed by atoms with van der Waals surface area (Å²) in [5.74, 6) is 0. The van der Waals surface area contributed by atoms with Gasteiger partial charge in [-0.15, -0.1) is 0 Å². The average molecular weight is 227 g/mol. The molecule has 1 atom stereocenters. The van der Waals surface area contributed by atoms with E-state index in [0.29, 0.717) is 6.10 Å². The molecule has 94 valence electrons. The molecule has 1 N–H and O–H groups in total. The minimum atomic E-state index is 0.484. The minimum absolute atomic E-state index is 0.484. The SMILES string of the molecule is COCCNCCC=C(C)CC1CCCO1. The summed E-state index contributed by atoms with van der Waals surface area (Å²) in [4.78, 5) is 0. The largest absolute Gasteiger partial charge is 0.383 e. The van der Waals surface area contributed by atoms with E-state index in [0.717, 1.165) is 39.1 Å². The standard InChI is InChI=1S/C13H25NO2/c1-12(11-13-6-4-9-16-13)5-3-7-14-8-10-15-2/h5,13-14H,3-4,6-11H2,1-2H3. The van der Waals surface area contributed by atoms with Crippen LogP contribution in [-0.4, -0.2) is 39.5 Å². The van der Waals surface area contributed by atoms with Crippen LogP contribution in [0.15, 0.2) is 11.6 Å². The summed E-state index contributed by atoms with van der Waals surface area (Å²) in [6.45, 7) is 5.92. The molecule has 1 unspecified atom stereocenters. The highest BCUT2D eigenvalue weighted by atomic mass is 16.5. The molecule has 0 radical (unpaired) electrons. The topological polar surface area (TPSA) is 30.5 Å². The molecule has 0 aliphatic carbocycles. The lowest BCUT2D eigenvalue weighted by Crippen LogP contribution is -2.19. The zero-order chi connectivity index (χ0) is 11.6. The van der Waals surface area contributed by atoms with Crippen LogP contribution in [0.1, 0.15) is 32.6 Å². The molecule has 1 aliphatic heterocycles. The monoisotopic (exact) mass is 227 g/mol. The Balaban J connectivity index is 1.99. The lowest BCUT2D eigenvalue weighted by Gasteiger charge is -2.09. The average Bonchev–Trinajstić information content (AvgIpc) is 2.76. The fraction of sp³-hybridized carbons (Fsp3) is 0.846. The van der Waals surface area contributed by atoms with Gasteiger partial charge in [0, 0.05) is 20.3 Å². The van der Waals surface area contributed by atoms with Crippen LogP contribution < -0.4 is 5.32 Å². The van der Waals surface area contributed by atoms with Crippen molar-refractivity contribution in [1.29, 1.82) is 0 Å². The third-order valence-electron chi connectivity index (χ3n) is 2.87. The molecule has 0 spiro atoms. The molecule has 1 heterocycles. The Bertz CT molecular complexity index is 198. The second-order valence-corrected chi connectivity index (χ2v) is 4.42. The van der Waals surface area contributed by atoms with Crippen molar-refractivity contribution in [1.82, 2.24) is 5.32 Å². The van der Waals surface area contributed by atoms with E-state index < -0.39 is 0 Å². The van der Waals surface area contributed by atoms with Gasteiger partial charge in [-0.3, -0.25) is 0 Å². The first kappa shape index (κ1) is 13.7. The number of methoxy groups -OCH3 is 1. The van der Waals surface area contributed by atoms with Crippen LogP contribution in [0.25, 0.3) is 0 Å². The van der Waals surface area contributed by atoms with E-state index in [4.69, 9.17) is 9.47 Å². The Labute approximate surface area is 99.2 Å². The summed E-state index contributed by atoms with van der Waals surface area (Å²) in [7, 11) is 1.73. The highest BCUT2D eigenvalue weighted by Gasteiger charge is 2.15. The predicted octanol–water partition coefficient (Wildman–Crippen LogP) is 2.13. The van der Waals surface area contributed by atoms with E-state index in [1.807, 2.05) is 0 Å². The molecule has 0 aromatic rings. The smallest absolute Gasteiger partial charge is 0.0612 e. The summed E-state index contributed by atoms with van der Waals surface area (Å²) in [6.07, 6.45) is 7.48. The molecular weight excluding hydrogens is 202 g/mol. The molecule has 16 heavy (non-hydrogen) atoms. The van der Waals surface area contributed by atoms with Crippen molar-refractivity contribution in [2.75, 3.05) is 33.4 Å². The summed E-state index contributed by atoms with van der Waals surface area (Å²) in [5.41, 5.74) is 1.46. The van der Waals surface area contributed by atoms with Crippen molar-refractivity contribution in [3.8, 4) is 0 Å². The zero-order valence-corrected chi connectivity index (χ0v) is 10.6. The summed E-state index contributed by atoms with van der Waals surface area (Å²) >= 11 is 0. The van der Waals surface area contributed by atoms with E-state index in [2.05, 4.69) is 18.3 Å². The minimum Gasteiger partial charge on any atom is -0.383 e. The first-order valence-corrected chi connectivity index (χ1v) is 6.30. The Hall–Kier alpha value is -0.380. The number of hydrogen-bond donors (Lipinski definition) is 1. The van der Waals surface area contributed by atoms with E-state index in [1.165, 1.54) is 18.4 Å². The van der Waals surface area contributed by atoms with Gasteiger partial charge in [0.25, 0.3) is 0 Å². The third kappa shape index (κ3) is 6.26. The lowest BCUT2D eigenvalue weighted by molar-refractivity contribution is 0.111. The highest BCUT2D eigenvalue weighted by Crippen LogP contribution is 2.19. The number of ether oxygens (including phenoxy) is 2. The van der Waals surface area contributed by atoms with Gasteiger partial charge in [-0.2, -0.15) is 0 Å². The molecule has 0 bridgehead atoms. The van der Waals surface area contributed by atoms with Crippen LogP contribution in [0.3, 0.4) is 0 Å². The van der Waals surface area contributed by atoms with E-state index in [9.17, 15) is 0 Å². The quantitative estimate of drug-likeness (QED) is 0.509. The molecule has 3 heteroatoms. The van der Waals surface area contributed by atoms with Crippen LogP contribution in [-0.2, 0) is 9.47 Å². The molecule has 3 nitrogen and oxygen atoms in total. The Morgan fingerprint density at radius 2 is 2.38 bits per heavy atom. The highest BCUT2D eigenvalue weighted by molar-refractivity contribution is 5.00. The summed E-state index contributed by atoms with van der Waals surface area (Å²) < 4.78 is 10.6. The van der Waals surface area contributed by atoms with Gasteiger partial charge in [0.15, 0.2) is 0 Å². The van der Waals surface area contributed by atoms with Crippen LogP contribution in [0.2, 0.25) is 0 Å². The van der Waals surface area contributed by atoms with Crippen molar-refractivity contribution in [3.05, 3.63) is 11.6 Å². The lowest BCUT2D eigenvalue weighted by atomic mass is 10.1. The van der Waals surface area contributed by atoms with Gasteiger partial charge in [0.1, 0.15) is 0 Å². The van der Waals surface area contributed by atoms with Crippen molar-refractivity contribution in [2.24, 2.45) is 0 Å². The van der Waals surface area contributed by atoms with Crippen molar-refractivity contribution < 1.29 is 9.47 Å². The number of hydrogen-bond acceptors (Lipinski definition) is 3. The maximum Gasteiger partial charge on any atom is 0.0612 e. The predicted molar refractivity (Wildman–Crippen MR) is 66.7 cm³/mol. The van der Waals surface area contributed by atoms with E-state index in [1.54, 1.807) is 7.11 Å². The Morgan fingerprint density at radius 3 is 3.06 bits per heavy atom. The maximum absolute atomic E-state index is 5.61. The molecular formula is C13H25NO2. The number of nitrogens with one attached hydrogen (secondary N) is 1. The van der Waals surface area contributed by atoms with Crippen molar-refractivity contribution in [2.45, 2.75) is 38.7 Å². The molecule has 0 saturated carbocycles. The fourth-order valence-electron chi connectivity index (χ4n) is 1.97. The summed E-state index contributed by atoms with van der Waals surface area (Å²) in [5, 5.41) is 3.33. The Kier molecular flexibility index (Phi) is 7.47. The number of rotatable bonds is 8. The molecule has 1 saturated heterocycles. The fourth-order valence-corrected chi connectivity index (χ4v) is 1.97. The van der Waals surface area contributed by atoms with Gasteiger partial charge in [-0.1, -0.05) is 11.6 Å². The molecule has 0 amide bonds. The second-order valence-electron chi connectivity index (χ2n) is 4.42. The summed E-state index contributed by atoms with van der Waals surface area (Å²) in [6, 6.07) is 0. The van der Waals surface area contributed by atoms with E-state index >= 15 is 0 Å². The van der Waals surface area contributed by atoms with Crippen LogP contribution >= 0.6 is 0 Å². The third-order valence-corrected chi connectivity index (χ3v) is 2.87. The van der Waals surface area contributed by atoms with Gasteiger partial charge in [0.05, 0.1) is 12.7 Å². The van der Waals surface area contributed by atoms with Gasteiger partial charge in [-0.05, 0) is 39.2 Å². The van der Waals surface area contributed by atoms with Gasteiger partial charge < -0.3 is 14.8 Å².